The number of hydrogen-bond acceptors (Lipinski definition) is 3. The summed E-state index contributed by atoms with van der Waals surface area (Å²) in [5.41, 5.74) is 1.92. The highest BCUT2D eigenvalue weighted by Crippen LogP contribution is 2.23. The summed E-state index contributed by atoms with van der Waals surface area (Å²) in [6.07, 6.45) is 3.68. The zero-order valence-electron chi connectivity index (χ0n) is 11.0. The Kier molecular flexibility index (Phi) is 4.17. The SMILES string of the molecule is O=C(Nc1ccc(Cn2cccn2)cc1)c1sccc1Br. The highest BCUT2D eigenvalue weighted by Gasteiger charge is 2.11. The van der Waals surface area contributed by atoms with Crippen LogP contribution in [0.5, 0.6) is 0 Å². The van der Waals surface area contributed by atoms with E-state index in [9.17, 15) is 4.79 Å². The van der Waals surface area contributed by atoms with Crippen LogP contribution in [0.4, 0.5) is 5.69 Å². The number of hydrogen-bond donors (Lipinski definition) is 1. The third kappa shape index (κ3) is 3.40. The number of anilines is 1. The lowest BCUT2D eigenvalue weighted by Crippen LogP contribution is -2.10. The van der Waals surface area contributed by atoms with Crippen molar-refractivity contribution in [2.45, 2.75) is 6.54 Å². The molecule has 2 aromatic heterocycles. The van der Waals surface area contributed by atoms with Gasteiger partial charge in [0.25, 0.3) is 5.91 Å². The Morgan fingerprint density at radius 1 is 1.29 bits per heavy atom. The predicted molar refractivity (Wildman–Crippen MR) is 87.7 cm³/mol. The summed E-state index contributed by atoms with van der Waals surface area (Å²) in [7, 11) is 0. The first kappa shape index (κ1) is 14.0. The smallest absolute Gasteiger partial charge is 0.266 e. The maximum Gasteiger partial charge on any atom is 0.266 e. The van der Waals surface area contributed by atoms with Gasteiger partial charge in [0, 0.05) is 22.6 Å². The maximum atomic E-state index is 12.1. The van der Waals surface area contributed by atoms with Gasteiger partial charge in [0.2, 0.25) is 0 Å². The van der Waals surface area contributed by atoms with Crippen LogP contribution in [0.15, 0.2) is 58.6 Å². The second-order valence-electron chi connectivity index (χ2n) is 4.45. The Morgan fingerprint density at radius 3 is 2.71 bits per heavy atom. The summed E-state index contributed by atoms with van der Waals surface area (Å²) in [6, 6.07) is 11.5. The molecular formula is C15H12BrN3OS. The minimum atomic E-state index is -0.100. The Balaban J connectivity index is 1.67. The average Bonchev–Trinajstić information content (AvgIpc) is 3.12. The lowest BCUT2D eigenvalue weighted by molar-refractivity contribution is 0.103. The molecule has 0 aliphatic heterocycles. The predicted octanol–water partition coefficient (Wildman–Crippen LogP) is 4.01. The standard InChI is InChI=1S/C15H12BrN3OS/c16-13-6-9-21-14(13)15(20)18-12-4-2-11(3-5-12)10-19-8-1-7-17-19/h1-9H,10H2,(H,18,20). The number of halogens is 1. The number of nitrogens with one attached hydrogen (secondary N) is 1. The van der Waals surface area contributed by atoms with Gasteiger partial charge >= 0.3 is 0 Å². The molecule has 0 bridgehead atoms. The molecule has 3 aromatic rings. The molecule has 106 valence electrons. The zero-order valence-corrected chi connectivity index (χ0v) is 13.4. The first-order valence-corrected chi connectivity index (χ1v) is 8.00. The van der Waals surface area contributed by atoms with Crippen LogP contribution in [0.1, 0.15) is 15.2 Å². The minimum absolute atomic E-state index is 0.100. The van der Waals surface area contributed by atoms with Crippen LogP contribution in [-0.2, 0) is 6.54 Å². The van der Waals surface area contributed by atoms with Crippen molar-refractivity contribution < 1.29 is 4.79 Å². The van der Waals surface area contributed by atoms with Crippen LogP contribution >= 0.6 is 27.3 Å². The number of carbonyl (C=O) groups is 1. The summed E-state index contributed by atoms with van der Waals surface area (Å²) in [6.45, 7) is 0.720. The van der Waals surface area contributed by atoms with Crippen LogP contribution in [0.2, 0.25) is 0 Å². The molecule has 0 spiro atoms. The number of amides is 1. The van der Waals surface area contributed by atoms with Gasteiger partial charge in [-0.2, -0.15) is 5.10 Å². The van der Waals surface area contributed by atoms with E-state index in [4.69, 9.17) is 0 Å². The third-order valence-electron chi connectivity index (χ3n) is 2.94. The van der Waals surface area contributed by atoms with Crippen LogP contribution in [0.25, 0.3) is 0 Å². The number of thiophene rings is 1. The van der Waals surface area contributed by atoms with Crippen molar-refractivity contribution in [3.8, 4) is 0 Å². The molecule has 0 aliphatic carbocycles. The van der Waals surface area contributed by atoms with E-state index in [0.29, 0.717) is 4.88 Å². The van der Waals surface area contributed by atoms with Crippen molar-refractivity contribution in [2.24, 2.45) is 0 Å². The number of carbonyl (C=O) groups excluding carboxylic acids is 1. The van der Waals surface area contributed by atoms with Gasteiger partial charge in [0.15, 0.2) is 0 Å². The Bertz CT molecular complexity index is 735. The van der Waals surface area contributed by atoms with E-state index in [0.717, 1.165) is 22.3 Å². The number of nitrogens with zero attached hydrogens (tertiary/aromatic N) is 2. The highest BCUT2D eigenvalue weighted by atomic mass is 79.9. The van der Waals surface area contributed by atoms with Gasteiger partial charge in [-0.05, 0) is 51.1 Å². The van der Waals surface area contributed by atoms with Crippen LogP contribution in [-0.4, -0.2) is 15.7 Å². The average molecular weight is 362 g/mol. The molecule has 4 nitrogen and oxygen atoms in total. The first-order chi connectivity index (χ1) is 10.2. The van der Waals surface area contributed by atoms with Crippen molar-refractivity contribution in [3.05, 3.63) is 69.1 Å². The molecule has 0 fully saturated rings. The summed E-state index contributed by atoms with van der Waals surface area (Å²) in [5, 5.41) is 8.94. The molecule has 0 radical (unpaired) electrons. The van der Waals surface area contributed by atoms with Crippen LogP contribution in [0.3, 0.4) is 0 Å². The van der Waals surface area contributed by atoms with E-state index in [2.05, 4.69) is 26.3 Å². The second-order valence-corrected chi connectivity index (χ2v) is 6.22. The number of benzene rings is 1. The van der Waals surface area contributed by atoms with Gasteiger partial charge in [-0.1, -0.05) is 12.1 Å². The van der Waals surface area contributed by atoms with Crippen molar-refractivity contribution in [1.29, 1.82) is 0 Å². The van der Waals surface area contributed by atoms with E-state index in [1.807, 2.05) is 52.7 Å². The number of rotatable bonds is 4. The van der Waals surface area contributed by atoms with Gasteiger partial charge in [-0.3, -0.25) is 9.48 Å². The maximum absolute atomic E-state index is 12.1. The lowest BCUT2D eigenvalue weighted by Gasteiger charge is -2.06. The Morgan fingerprint density at radius 2 is 2.10 bits per heavy atom. The van der Waals surface area contributed by atoms with Gasteiger partial charge < -0.3 is 5.32 Å². The normalized spacial score (nSPS) is 10.5. The minimum Gasteiger partial charge on any atom is -0.321 e. The topological polar surface area (TPSA) is 46.9 Å². The molecule has 0 saturated carbocycles. The third-order valence-corrected chi connectivity index (χ3v) is 4.78. The Hall–Kier alpha value is -1.92. The molecular weight excluding hydrogens is 350 g/mol. The number of aromatic nitrogens is 2. The molecule has 21 heavy (non-hydrogen) atoms. The highest BCUT2D eigenvalue weighted by molar-refractivity contribution is 9.10. The Labute approximate surface area is 134 Å². The largest absolute Gasteiger partial charge is 0.321 e. The first-order valence-electron chi connectivity index (χ1n) is 6.33. The molecule has 0 saturated heterocycles. The molecule has 2 heterocycles. The fourth-order valence-electron chi connectivity index (χ4n) is 1.92. The molecule has 1 N–H and O–H groups in total. The molecule has 0 atom stereocenters. The van der Waals surface area contributed by atoms with E-state index in [-0.39, 0.29) is 5.91 Å². The van der Waals surface area contributed by atoms with Crippen LogP contribution < -0.4 is 5.32 Å². The van der Waals surface area contributed by atoms with Gasteiger partial charge in [-0.15, -0.1) is 11.3 Å². The fraction of sp³-hybridized carbons (Fsp3) is 0.0667. The molecule has 6 heteroatoms. The lowest BCUT2D eigenvalue weighted by atomic mass is 10.2. The molecule has 0 unspecified atom stereocenters. The summed E-state index contributed by atoms with van der Waals surface area (Å²) in [5.74, 6) is -0.100. The fourth-order valence-corrected chi connectivity index (χ4v) is 3.36. The van der Waals surface area contributed by atoms with E-state index in [1.165, 1.54) is 11.3 Å². The molecule has 1 aromatic carbocycles. The molecule has 0 aliphatic rings. The quantitative estimate of drug-likeness (QED) is 0.762. The van der Waals surface area contributed by atoms with Crippen molar-refractivity contribution in [3.63, 3.8) is 0 Å². The molecule has 3 rings (SSSR count). The summed E-state index contributed by atoms with van der Waals surface area (Å²) in [4.78, 5) is 12.8. The van der Waals surface area contributed by atoms with Crippen LogP contribution in [0, 0.1) is 0 Å². The van der Waals surface area contributed by atoms with E-state index >= 15 is 0 Å². The van der Waals surface area contributed by atoms with Crippen molar-refractivity contribution in [1.82, 2.24) is 9.78 Å². The van der Waals surface area contributed by atoms with Crippen molar-refractivity contribution >= 4 is 38.9 Å². The van der Waals surface area contributed by atoms with Crippen molar-refractivity contribution in [2.75, 3.05) is 5.32 Å². The monoisotopic (exact) mass is 361 g/mol. The second kappa shape index (κ2) is 6.24. The van der Waals surface area contributed by atoms with E-state index < -0.39 is 0 Å². The van der Waals surface area contributed by atoms with Gasteiger partial charge in [-0.25, -0.2) is 0 Å². The van der Waals surface area contributed by atoms with E-state index in [1.54, 1.807) is 6.20 Å². The summed E-state index contributed by atoms with van der Waals surface area (Å²) >= 11 is 4.78. The summed E-state index contributed by atoms with van der Waals surface area (Å²) < 4.78 is 2.68. The van der Waals surface area contributed by atoms with Gasteiger partial charge in [0.1, 0.15) is 4.88 Å². The van der Waals surface area contributed by atoms with Gasteiger partial charge in [0.05, 0.1) is 6.54 Å². The zero-order chi connectivity index (χ0) is 14.7. The molecule has 1 amide bonds.